The lowest BCUT2D eigenvalue weighted by Gasteiger charge is -2.26. The van der Waals surface area contributed by atoms with Crippen molar-refractivity contribution in [2.24, 2.45) is 22.6 Å². The predicted octanol–water partition coefficient (Wildman–Crippen LogP) is 3.34. The number of nitrogens with zero attached hydrogens (tertiary/aromatic N) is 1. The molecule has 0 amide bonds. The number of allylic oxidation sites excluding steroid dienone is 4. The number of nitrogens with one attached hydrogen (secondary N) is 1. The summed E-state index contributed by atoms with van der Waals surface area (Å²) in [6.07, 6.45) is 13.4. The second kappa shape index (κ2) is 6.75. The quantitative estimate of drug-likeness (QED) is 0.508. The van der Waals surface area contributed by atoms with Crippen molar-refractivity contribution in [1.29, 1.82) is 0 Å². The first kappa shape index (κ1) is 14.8. The third-order valence-electron chi connectivity index (χ3n) is 4.36. The average Bonchev–Trinajstić information content (AvgIpc) is 2.59. The molecule has 0 fully saturated rings. The maximum atomic E-state index is 6.26. The Labute approximate surface area is 132 Å². The van der Waals surface area contributed by atoms with Crippen molar-refractivity contribution >= 4 is 5.84 Å². The van der Waals surface area contributed by atoms with Gasteiger partial charge in [-0.15, -0.1) is 0 Å². The molecular formula is C19H23N3. The number of benzene rings is 1. The molecule has 1 aromatic carbocycles. The van der Waals surface area contributed by atoms with E-state index in [0.29, 0.717) is 17.7 Å². The number of aliphatic imine (C=N–C) groups is 1. The van der Waals surface area contributed by atoms with Crippen molar-refractivity contribution in [3.05, 3.63) is 71.8 Å². The molecule has 3 unspecified atom stereocenters. The maximum Gasteiger partial charge on any atom is 0.127 e. The van der Waals surface area contributed by atoms with E-state index in [1.807, 2.05) is 25.2 Å². The number of rotatable bonds is 4. The van der Waals surface area contributed by atoms with Crippen molar-refractivity contribution in [2.45, 2.75) is 19.0 Å². The van der Waals surface area contributed by atoms with E-state index in [1.54, 1.807) is 0 Å². The molecule has 3 N–H and O–H groups in total. The second-order valence-electron chi connectivity index (χ2n) is 5.84. The first-order valence-electron chi connectivity index (χ1n) is 7.90. The van der Waals surface area contributed by atoms with Gasteiger partial charge >= 0.3 is 0 Å². The van der Waals surface area contributed by atoms with Gasteiger partial charge in [-0.05, 0) is 31.4 Å². The van der Waals surface area contributed by atoms with E-state index in [4.69, 9.17) is 5.73 Å². The van der Waals surface area contributed by atoms with Crippen molar-refractivity contribution in [1.82, 2.24) is 5.32 Å². The minimum Gasteiger partial charge on any atom is -0.383 e. The summed E-state index contributed by atoms with van der Waals surface area (Å²) in [7, 11) is 1.90. The summed E-state index contributed by atoms with van der Waals surface area (Å²) in [5.41, 5.74) is 8.42. The van der Waals surface area contributed by atoms with Gasteiger partial charge < -0.3 is 5.73 Å². The SMILES string of the molecule is CNC(/N=C(\N)C1=CC2CCC=CC2C=C1)c1ccccc1. The molecule has 0 saturated carbocycles. The molecule has 3 nitrogen and oxygen atoms in total. The minimum absolute atomic E-state index is 0.112. The fraction of sp³-hybridized carbons (Fsp3) is 0.316. The Morgan fingerprint density at radius 1 is 1.27 bits per heavy atom. The van der Waals surface area contributed by atoms with Crippen LogP contribution < -0.4 is 11.1 Å². The van der Waals surface area contributed by atoms with Gasteiger partial charge in [0.25, 0.3) is 0 Å². The van der Waals surface area contributed by atoms with Gasteiger partial charge in [0.2, 0.25) is 0 Å². The third kappa shape index (κ3) is 3.20. The van der Waals surface area contributed by atoms with E-state index in [9.17, 15) is 0 Å². The Balaban J connectivity index is 1.81. The molecule has 2 aliphatic rings. The number of fused-ring (bicyclic) bond motifs is 1. The van der Waals surface area contributed by atoms with Gasteiger partial charge in [-0.25, -0.2) is 4.99 Å². The molecule has 22 heavy (non-hydrogen) atoms. The number of hydrogen-bond acceptors (Lipinski definition) is 2. The molecule has 1 aromatic rings. The van der Waals surface area contributed by atoms with Gasteiger partial charge in [0.05, 0.1) is 0 Å². The number of amidine groups is 1. The molecule has 0 spiro atoms. The molecule has 114 valence electrons. The van der Waals surface area contributed by atoms with Crippen LogP contribution in [0.4, 0.5) is 0 Å². The monoisotopic (exact) mass is 293 g/mol. The molecule has 3 atom stereocenters. The molecule has 0 saturated heterocycles. The molecule has 3 rings (SSSR count). The number of nitrogens with two attached hydrogens (primary N) is 1. The Kier molecular flexibility index (Phi) is 4.54. The van der Waals surface area contributed by atoms with Crippen LogP contribution in [0.25, 0.3) is 0 Å². The zero-order valence-electron chi connectivity index (χ0n) is 12.9. The molecular weight excluding hydrogens is 270 g/mol. The molecule has 2 aliphatic carbocycles. The normalized spacial score (nSPS) is 25.5. The first-order valence-corrected chi connectivity index (χ1v) is 7.90. The van der Waals surface area contributed by atoms with E-state index >= 15 is 0 Å². The van der Waals surface area contributed by atoms with Crippen LogP contribution in [0.5, 0.6) is 0 Å². The highest BCUT2D eigenvalue weighted by atomic mass is 15.1. The highest BCUT2D eigenvalue weighted by Gasteiger charge is 2.22. The van der Waals surface area contributed by atoms with Crippen molar-refractivity contribution < 1.29 is 0 Å². The first-order chi connectivity index (χ1) is 10.8. The van der Waals surface area contributed by atoms with E-state index in [2.05, 4.69) is 52.8 Å². The lowest BCUT2D eigenvalue weighted by atomic mass is 9.79. The van der Waals surface area contributed by atoms with Crippen molar-refractivity contribution in [3.63, 3.8) is 0 Å². The second-order valence-corrected chi connectivity index (χ2v) is 5.84. The van der Waals surface area contributed by atoms with E-state index in [1.165, 1.54) is 6.42 Å². The third-order valence-corrected chi connectivity index (χ3v) is 4.36. The average molecular weight is 293 g/mol. The van der Waals surface area contributed by atoms with Crippen LogP contribution in [-0.2, 0) is 0 Å². The lowest BCUT2D eigenvalue weighted by Crippen LogP contribution is -2.24. The van der Waals surface area contributed by atoms with E-state index in [-0.39, 0.29) is 6.17 Å². The Hall–Kier alpha value is -2.13. The summed E-state index contributed by atoms with van der Waals surface area (Å²) < 4.78 is 0. The fourth-order valence-electron chi connectivity index (χ4n) is 3.10. The van der Waals surface area contributed by atoms with Gasteiger partial charge in [-0.3, -0.25) is 5.32 Å². The van der Waals surface area contributed by atoms with Crippen LogP contribution in [0.1, 0.15) is 24.6 Å². The highest BCUT2D eigenvalue weighted by Crippen LogP contribution is 2.31. The minimum atomic E-state index is -0.112. The van der Waals surface area contributed by atoms with Gasteiger partial charge in [-0.1, -0.05) is 60.7 Å². The Morgan fingerprint density at radius 3 is 2.86 bits per heavy atom. The molecule has 0 aromatic heterocycles. The summed E-state index contributed by atoms with van der Waals surface area (Å²) in [6, 6.07) is 10.2. The van der Waals surface area contributed by atoms with Gasteiger partial charge in [0.1, 0.15) is 12.0 Å². The summed E-state index contributed by atoms with van der Waals surface area (Å²) in [6.45, 7) is 0. The van der Waals surface area contributed by atoms with E-state index < -0.39 is 0 Å². The zero-order valence-corrected chi connectivity index (χ0v) is 12.9. The summed E-state index contributed by atoms with van der Waals surface area (Å²) in [5, 5.41) is 3.21. The Bertz CT molecular complexity index is 625. The standard InChI is InChI=1S/C19H23N3/c1-21-19(15-8-3-2-4-9-15)22-18(20)17-12-11-14-7-5-6-10-16(14)13-17/h2-5,7-9,11-14,16,19,21H,6,10H2,1H3,(H2,20,22). The molecule has 3 heteroatoms. The van der Waals surface area contributed by atoms with Crippen LogP contribution in [0.3, 0.4) is 0 Å². The summed E-state index contributed by atoms with van der Waals surface area (Å²) in [4.78, 5) is 4.67. The predicted molar refractivity (Wildman–Crippen MR) is 92.4 cm³/mol. The summed E-state index contributed by atoms with van der Waals surface area (Å²) >= 11 is 0. The molecule has 0 heterocycles. The van der Waals surface area contributed by atoms with Crippen molar-refractivity contribution in [3.8, 4) is 0 Å². The highest BCUT2D eigenvalue weighted by molar-refractivity contribution is 5.99. The van der Waals surface area contributed by atoms with Crippen LogP contribution in [0.2, 0.25) is 0 Å². The van der Waals surface area contributed by atoms with Crippen molar-refractivity contribution in [2.75, 3.05) is 7.05 Å². The lowest BCUT2D eigenvalue weighted by molar-refractivity contribution is 0.490. The summed E-state index contributed by atoms with van der Waals surface area (Å²) in [5.74, 6) is 1.69. The molecule has 0 bridgehead atoms. The van der Waals surface area contributed by atoms with E-state index in [0.717, 1.165) is 17.6 Å². The van der Waals surface area contributed by atoms with Gasteiger partial charge in [0, 0.05) is 11.5 Å². The number of hydrogen-bond donors (Lipinski definition) is 2. The topological polar surface area (TPSA) is 50.4 Å². The largest absolute Gasteiger partial charge is 0.383 e. The smallest absolute Gasteiger partial charge is 0.127 e. The Morgan fingerprint density at radius 2 is 2.09 bits per heavy atom. The van der Waals surface area contributed by atoms with Crippen LogP contribution in [-0.4, -0.2) is 12.9 Å². The van der Waals surface area contributed by atoms with Gasteiger partial charge in [-0.2, -0.15) is 0 Å². The fourth-order valence-corrected chi connectivity index (χ4v) is 3.10. The van der Waals surface area contributed by atoms with Crippen LogP contribution in [0, 0.1) is 11.8 Å². The van der Waals surface area contributed by atoms with Crippen LogP contribution in [0.15, 0.2) is 71.3 Å². The molecule has 0 radical (unpaired) electrons. The van der Waals surface area contributed by atoms with Gasteiger partial charge in [0.15, 0.2) is 0 Å². The van der Waals surface area contributed by atoms with Crippen LogP contribution >= 0.6 is 0 Å². The zero-order chi connectivity index (χ0) is 15.4. The maximum absolute atomic E-state index is 6.26. The molecule has 0 aliphatic heterocycles.